The van der Waals surface area contributed by atoms with Gasteiger partial charge in [-0.2, -0.15) is 13.2 Å². The second-order valence-corrected chi connectivity index (χ2v) is 11.5. The lowest BCUT2D eigenvalue weighted by Gasteiger charge is -2.48. The SMILES string of the molecule is CCOc1ncccc1-c1ccc(N2CCN(C(=O)C3(C(F)(F)F)CCC3)C[C@H]2CC)c(C(=O)N[C@H]2CCN(C)C2)n1. The van der Waals surface area contributed by atoms with Gasteiger partial charge in [-0.05, 0) is 70.5 Å². The van der Waals surface area contributed by atoms with Crippen LogP contribution < -0.4 is 15.0 Å². The number of piperazine rings is 1. The number of likely N-dealkylation sites (N-methyl/N-ethyl adjacent to an activating group) is 1. The maximum absolute atomic E-state index is 13.9. The van der Waals surface area contributed by atoms with Crippen LogP contribution in [0.25, 0.3) is 11.3 Å². The summed E-state index contributed by atoms with van der Waals surface area (Å²) in [7, 11) is 2.01. The molecule has 5 rings (SSSR count). The Bertz CT molecular complexity index is 1300. The Morgan fingerprint density at radius 1 is 1.12 bits per heavy atom. The molecule has 3 fully saturated rings. The number of aromatic nitrogens is 2. The lowest BCUT2D eigenvalue weighted by atomic mass is 9.67. The molecule has 2 saturated heterocycles. The van der Waals surface area contributed by atoms with Gasteiger partial charge in [-0.25, -0.2) is 9.97 Å². The lowest BCUT2D eigenvalue weighted by Crippen LogP contribution is -2.62. The fourth-order valence-electron chi connectivity index (χ4n) is 6.30. The van der Waals surface area contributed by atoms with Gasteiger partial charge < -0.3 is 24.8 Å². The van der Waals surface area contributed by atoms with Gasteiger partial charge in [0.1, 0.15) is 5.41 Å². The summed E-state index contributed by atoms with van der Waals surface area (Å²) in [6.45, 7) is 6.42. The average molecular weight is 589 g/mol. The molecule has 12 heteroatoms. The van der Waals surface area contributed by atoms with E-state index in [9.17, 15) is 22.8 Å². The Hall–Kier alpha value is -3.41. The second-order valence-electron chi connectivity index (χ2n) is 11.5. The van der Waals surface area contributed by atoms with Crippen molar-refractivity contribution in [1.29, 1.82) is 0 Å². The molecule has 2 atom stereocenters. The molecule has 0 unspecified atom stereocenters. The van der Waals surface area contributed by atoms with Crippen molar-refractivity contribution in [3.8, 4) is 17.1 Å². The Morgan fingerprint density at radius 3 is 2.52 bits per heavy atom. The first kappa shape index (κ1) is 30.1. The maximum atomic E-state index is 13.9. The fourth-order valence-corrected chi connectivity index (χ4v) is 6.30. The average Bonchev–Trinajstić information content (AvgIpc) is 3.35. The molecule has 2 aromatic heterocycles. The van der Waals surface area contributed by atoms with Crippen molar-refractivity contribution < 1.29 is 27.5 Å². The van der Waals surface area contributed by atoms with Crippen LogP contribution in [0.5, 0.6) is 5.88 Å². The van der Waals surface area contributed by atoms with Gasteiger partial charge in [0.2, 0.25) is 11.8 Å². The molecule has 42 heavy (non-hydrogen) atoms. The minimum atomic E-state index is -4.56. The van der Waals surface area contributed by atoms with Gasteiger partial charge in [-0.3, -0.25) is 9.59 Å². The normalized spacial score (nSPS) is 22.5. The third-order valence-electron chi connectivity index (χ3n) is 8.85. The number of pyridine rings is 2. The smallest absolute Gasteiger partial charge is 0.403 e. The number of alkyl halides is 3. The number of carbonyl (C=O) groups is 2. The van der Waals surface area contributed by atoms with Gasteiger partial charge in [-0.1, -0.05) is 13.3 Å². The summed E-state index contributed by atoms with van der Waals surface area (Å²) < 4.78 is 47.5. The van der Waals surface area contributed by atoms with Crippen LogP contribution in [0.2, 0.25) is 0 Å². The largest absolute Gasteiger partial charge is 0.477 e. The minimum Gasteiger partial charge on any atom is -0.477 e. The number of amides is 2. The third kappa shape index (κ3) is 5.65. The van der Waals surface area contributed by atoms with Crippen LogP contribution >= 0.6 is 0 Å². The Kier molecular flexibility index (Phi) is 8.63. The van der Waals surface area contributed by atoms with Crippen LogP contribution in [0.1, 0.15) is 56.4 Å². The van der Waals surface area contributed by atoms with Gasteiger partial charge in [0, 0.05) is 44.5 Å². The summed E-state index contributed by atoms with van der Waals surface area (Å²) in [4.78, 5) is 41.7. The molecule has 2 aliphatic heterocycles. The van der Waals surface area contributed by atoms with Gasteiger partial charge in [-0.15, -0.1) is 0 Å². The van der Waals surface area contributed by atoms with E-state index in [1.165, 1.54) is 4.90 Å². The number of hydrogen-bond acceptors (Lipinski definition) is 7. The molecular weight excluding hydrogens is 549 g/mol. The maximum Gasteiger partial charge on any atom is 0.403 e. The van der Waals surface area contributed by atoms with E-state index < -0.39 is 17.5 Å². The number of ether oxygens (including phenoxy) is 1. The molecule has 1 N–H and O–H groups in total. The first-order valence-electron chi connectivity index (χ1n) is 14.8. The standard InChI is InChI=1S/C30H39F3N6O3/c1-4-21-19-38(28(41)29(12-7-13-29)30(31,32)33)16-17-39(21)24-10-9-23(22-8-6-14-34-27(22)42-5-2)36-25(24)26(40)35-20-11-15-37(3)18-20/h6,8-10,14,20-21H,4-5,7,11-13,15-19H2,1-3H3,(H,35,40)/t20-,21+/m0/s1. The molecule has 228 valence electrons. The molecule has 0 aromatic carbocycles. The van der Waals surface area contributed by atoms with Crippen molar-refractivity contribution in [2.24, 2.45) is 5.41 Å². The number of hydrogen-bond donors (Lipinski definition) is 1. The summed E-state index contributed by atoms with van der Waals surface area (Å²) in [5, 5.41) is 3.13. The molecule has 3 aliphatic rings. The monoisotopic (exact) mass is 588 g/mol. The minimum absolute atomic E-state index is 0.0179. The highest BCUT2D eigenvalue weighted by Gasteiger charge is 2.64. The molecule has 0 bridgehead atoms. The zero-order valence-corrected chi connectivity index (χ0v) is 24.4. The van der Waals surface area contributed by atoms with Crippen molar-refractivity contribution in [2.75, 3.05) is 51.3 Å². The van der Waals surface area contributed by atoms with Gasteiger partial charge in [0.15, 0.2) is 5.69 Å². The quantitative estimate of drug-likeness (QED) is 0.496. The topological polar surface area (TPSA) is 90.9 Å². The van der Waals surface area contributed by atoms with Crippen LogP contribution in [-0.4, -0.2) is 96.2 Å². The highest BCUT2D eigenvalue weighted by molar-refractivity contribution is 5.99. The summed E-state index contributed by atoms with van der Waals surface area (Å²) in [6, 6.07) is 6.97. The fraction of sp³-hybridized carbons (Fsp3) is 0.600. The van der Waals surface area contributed by atoms with E-state index in [0.717, 1.165) is 19.5 Å². The number of nitrogens with one attached hydrogen (secondary N) is 1. The highest BCUT2D eigenvalue weighted by Crippen LogP contribution is 2.54. The first-order valence-corrected chi connectivity index (χ1v) is 14.8. The van der Waals surface area contributed by atoms with E-state index in [1.54, 1.807) is 12.3 Å². The van der Waals surface area contributed by atoms with Crippen molar-refractivity contribution in [1.82, 2.24) is 25.1 Å². The highest BCUT2D eigenvalue weighted by atomic mass is 19.4. The van der Waals surface area contributed by atoms with E-state index in [4.69, 9.17) is 9.72 Å². The number of halogens is 3. The molecule has 0 radical (unpaired) electrons. The zero-order valence-electron chi connectivity index (χ0n) is 24.4. The zero-order chi connectivity index (χ0) is 30.1. The van der Waals surface area contributed by atoms with Crippen LogP contribution in [0.15, 0.2) is 30.5 Å². The Labute approximate surface area is 244 Å². The molecule has 2 amide bonds. The molecule has 4 heterocycles. The third-order valence-corrected chi connectivity index (χ3v) is 8.85. The number of rotatable bonds is 8. The van der Waals surface area contributed by atoms with Crippen molar-refractivity contribution in [3.63, 3.8) is 0 Å². The van der Waals surface area contributed by atoms with Crippen molar-refractivity contribution in [3.05, 3.63) is 36.2 Å². The van der Waals surface area contributed by atoms with Crippen LogP contribution in [-0.2, 0) is 4.79 Å². The molecule has 2 aromatic rings. The molecular formula is C30H39F3N6O3. The first-order chi connectivity index (χ1) is 20.1. The number of likely N-dealkylation sites (tertiary alicyclic amines) is 1. The predicted octanol–water partition coefficient (Wildman–Crippen LogP) is 4.14. The van der Waals surface area contributed by atoms with Gasteiger partial charge in [0.25, 0.3) is 5.91 Å². The Balaban J connectivity index is 1.46. The van der Waals surface area contributed by atoms with E-state index in [0.29, 0.717) is 48.8 Å². The Morgan fingerprint density at radius 2 is 1.90 bits per heavy atom. The lowest BCUT2D eigenvalue weighted by molar-refractivity contribution is -0.248. The van der Waals surface area contributed by atoms with E-state index in [-0.39, 0.29) is 49.6 Å². The van der Waals surface area contributed by atoms with E-state index in [1.807, 2.05) is 44.0 Å². The second kappa shape index (κ2) is 12.1. The van der Waals surface area contributed by atoms with E-state index >= 15 is 0 Å². The van der Waals surface area contributed by atoms with E-state index in [2.05, 4.69) is 15.2 Å². The molecule has 0 spiro atoms. The predicted molar refractivity (Wildman–Crippen MR) is 152 cm³/mol. The number of carbonyl (C=O) groups excluding carboxylic acids is 2. The summed E-state index contributed by atoms with van der Waals surface area (Å²) in [5.74, 6) is -0.721. The van der Waals surface area contributed by atoms with Crippen LogP contribution in [0, 0.1) is 5.41 Å². The van der Waals surface area contributed by atoms with Gasteiger partial charge >= 0.3 is 6.18 Å². The molecule has 1 saturated carbocycles. The van der Waals surface area contributed by atoms with Crippen LogP contribution in [0.3, 0.4) is 0 Å². The summed E-state index contributed by atoms with van der Waals surface area (Å²) in [5.41, 5.74) is -0.253. The molecule has 1 aliphatic carbocycles. The number of nitrogens with zero attached hydrogens (tertiary/aromatic N) is 5. The van der Waals surface area contributed by atoms with Gasteiger partial charge in [0.05, 0.1) is 23.6 Å². The molecule has 9 nitrogen and oxygen atoms in total. The summed E-state index contributed by atoms with van der Waals surface area (Å²) in [6.07, 6.45) is -1.44. The number of anilines is 1. The van der Waals surface area contributed by atoms with Crippen molar-refractivity contribution >= 4 is 17.5 Å². The van der Waals surface area contributed by atoms with Crippen LogP contribution in [0.4, 0.5) is 18.9 Å². The van der Waals surface area contributed by atoms with Crippen molar-refractivity contribution in [2.45, 2.75) is 64.2 Å². The summed E-state index contributed by atoms with van der Waals surface area (Å²) >= 11 is 0.